The van der Waals surface area contributed by atoms with Gasteiger partial charge in [0.05, 0.1) is 4.90 Å². The Bertz CT molecular complexity index is 573. The van der Waals surface area contributed by atoms with Crippen LogP contribution in [0.25, 0.3) is 0 Å². The smallest absolute Gasteiger partial charge is 0.241 e. The van der Waals surface area contributed by atoms with E-state index in [9.17, 15) is 8.42 Å². The molecule has 3 rings (SSSR count). The summed E-state index contributed by atoms with van der Waals surface area (Å²) in [6.07, 6.45) is 1.84. The standard InChI is InChI=1S/C12H16N2O4S.ClH/c15-19(16,14-9-2-1-5-13-7-9)10-3-4-11-12(6-10)18-8-17-11;/h3-4,6,9,13-14H,1-2,5,7-8H2;1H/t9-;/m0./s1. The summed E-state index contributed by atoms with van der Waals surface area (Å²) in [5, 5.41) is 3.18. The molecule has 0 radical (unpaired) electrons. The highest BCUT2D eigenvalue weighted by Crippen LogP contribution is 2.33. The molecule has 1 aromatic carbocycles. The highest BCUT2D eigenvalue weighted by molar-refractivity contribution is 7.89. The number of hydrogen-bond acceptors (Lipinski definition) is 5. The third kappa shape index (κ3) is 3.17. The largest absolute Gasteiger partial charge is 0.454 e. The van der Waals surface area contributed by atoms with Gasteiger partial charge in [0.1, 0.15) is 0 Å². The molecule has 2 N–H and O–H groups in total. The minimum atomic E-state index is -3.51. The molecule has 0 aromatic heterocycles. The van der Waals surface area contributed by atoms with Crippen molar-refractivity contribution in [3.63, 3.8) is 0 Å². The summed E-state index contributed by atoms with van der Waals surface area (Å²) in [5.74, 6) is 1.06. The molecule has 0 spiro atoms. The average Bonchev–Trinajstić information content (AvgIpc) is 2.86. The first-order chi connectivity index (χ1) is 9.15. The molecule has 1 atom stereocenters. The van der Waals surface area contributed by atoms with Crippen molar-refractivity contribution < 1.29 is 17.9 Å². The zero-order valence-electron chi connectivity index (χ0n) is 10.8. The molecule has 8 heteroatoms. The predicted molar refractivity (Wildman–Crippen MR) is 76.0 cm³/mol. The fourth-order valence-electron chi connectivity index (χ4n) is 2.28. The summed E-state index contributed by atoms with van der Waals surface area (Å²) in [6.45, 7) is 1.75. The van der Waals surface area contributed by atoms with Crippen molar-refractivity contribution in [2.75, 3.05) is 19.9 Å². The predicted octanol–water partition coefficient (Wildman–Crippen LogP) is 0.867. The minimum absolute atomic E-state index is 0. The van der Waals surface area contributed by atoms with Crippen LogP contribution in [0.3, 0.4) is 0 Å². The summed E-state index contributed by atoms with van der Waals surface area (Å²) < 4.78 is 37.6. The number of nitrogens with one attached hydrogen (secondary N) is 2. The number of rotatable bonds is 3. The molecular weight excluding hydrogens is 304 g/mol. The average molecular weight is 321 g/mol. The summed E-state index contributed by atoms with van der Waals surface area (Å²) >= 11 is 0. The van der Waals surface area contributed by atoms with Crippen LogP contribution in [0.2, 0.25) is 0 Å². The van der Waals surface area contributed by atoms with Crippen molar-refractivity contribution in [2.24, 2.45) is 0 Å². The van der Waals surface area contributed by atoms with Crippen molar-refractivity contribution in [1.82, 2.24) is 10.0 Å². The van der Waals surface area contributed by atoms with Crippen LogP contribution in [0.15, 0.2) is 23.1 Å². The van der Waals surface area contributed by atoms with Crippen molar-refractivity contribution in [3.05, 3.63) is 18.2 Å². The Morgan fingerprint density at radius 2 is 2.05 bits per heavy atom. The van der Waals surface area contributed by atoms with Gasteiger partial charge < -0.3 is 14.8 Å². The maximum Gasteiger partial charge on any atom is 0.241 e. The van der Waals surface area contributed by atoms with E-state index in [4.69, 9.17) is 9.47 Å². The van der Waals surface area contributed by atoms with Crippen LogP contribution in [0.1, 0.15) is 12.8 Å². The van der Waals surface area contributed by atoms with E-state index in [1.54, 1.807) is 6.07 Å². The van der Waals surface area contributed by atoms with Crippen LogP contribution in [0.4, 0.5) is 0 Å². The maximum absolute atomic E-state index is 12.3. The summed E-state index contributed by atoms with van der Waals surface area (Å²) in [6, 6.07) is 4.60. The molecule has 0 aliphatic carbocycles. The number of halogens is 1. The van der Waals surface area contributed by atoms with E-state index in [0.717, 1.165) is 19.4 Å². The summed E-state index contributed by atoms with van der Waals surface area (Å²) in [7, 11) is -3.51. The van der Waals surface area contributed by atoms with Crippen LogP contribution >= 0.6 is 12.4 Å². The Kier molecular flexibility index (Phi) is 4.74. The Morgan fingerprint density at radius 1 is 1.25 bits per heavy atom. The van der Waals surface area contributed by atoms with Gasteiger partial charge in [-0.05, 0) is 31.5 Å². The van der Waals surface area contributed by atoms with Gasteiger partial charge in [-0.15, -0.1) is 12.4 Å². The SMILES string of the molecule is Cl.O=S(=O)(N[C@H]1CCCNC1)c1ccc2c(c1)OCO2. The Labute approximate surface area is 124 Å². The first kappa shape index (κ1) is 15.4. The van der Waals surface area contributed by atoms with Gasteiger partial charge >= 0.3 is 0 Å². The second-order valence-electron chi connectivity index (χ2n) is 4.68. The highest BCUT2D eigenvalue weighted by Gasteiger charge is 2.24. The zero-order valence-corrected chi connectivity index (χ0v) is 12.4. The van der Waals surface area contributed by atoms with Crippen molar-refractivity contribution in [1.29, 1.82) is 0 Å². The third-order valence-corrected chi connectivity index (χ3v) is 4.79. The number of hydrogen-bond donors (Lipinski definition) is 2. The van der Waals surface area contributed by atoms with E-state index < -0.39 is 10.0 Å². The van der Waals surface area contributed by atoms with E-state index in [1.165, 1.54) is 12.1 Å². The van der Waals surface area contributed by atoms with Gasteiger partial charge in [-0.25, -0.2) is 13.1 Å². The molecule has 1 fully saturated rings. The van der Waals surface area contributed by atoms with Crippen LogP contribution in [-0.4, -0.2) is 34.3 Å². The topological polar surface area (TPSA) is 76.7 Å². The summed E-state index contributed by atoms with van der Waals surface area (Å²) in [5.41, 5.74) is 0. The number of ether oxygens (including phenoxy) is 2. The van der Waals surface area contributed by atoms with Gasteiger partial charge in [-0.1, -0.05) is 0 Å². The quantitative estimate of drug-likeness (QED) is 0.864. The normalized spacial score (nSPS) is 21.3. The van der Waals surface area contributed by atoms with Gasteiger partial charge in [-0.2, -0.15) is 0 Å². The molecule has 0 bridgehead atoms. The van der Waals surface area contributed by atoms with Crippen LogP contribution in [0.5, 0.6) is 11.5 Å². The molecular formula is C12H17ClN2O4S. The molecule has 0 unspecified atom stereocenters. The van der Waals surface area contributed by atoms with E-state index in [2.05, 4.69) is 10.0 Å². The first-order valence-electron chi connectivity index (χ1n) is 6.28. The van der Waals surface area contributed by atoms with Gasteiger partial charge in [-0.3, -0.25) is 0 Å². The minimum Gasteiger partial charge on any atom is -0.454 e. The summed E-state index contributed by atoms with van der Waals surface area (Å²) in [4.78, 5) is 0.210. The number of benzene rings is 1. The molecule has 2 aliphatic heterocycles. The Hall–Kier alpha value is -1.02. The molecule has 1 aromatic rings. The van der Waals surface area contributed by atoms with Crippen LogP contribution in [0, 0.1) is 0 Å². The number of fused-ring (bicyclic) bond motifs is 1. The second-order valence-corrected chi connectivity index (χ2v) is 6.39. The highest BCUT2D eigenvalue weighted by atomic mass is 35.5. The van der Waals surface area contributed by atoms with Crippen LogP contribution < -0.4 is 19.5 Å². The molecule has 112 valence electrons. The lowest BCUT2D eigenvalue weighted by molar-refractivity contribution is 0.174. The van der Waals surface area contributed by atoms with E-state index in [-0.39, 0.29) is 30.1 Å². The Balaban J connectivity index is 0.00000147. The maximum atomic E-state index is 12.3. The van der Waals surface area contributed by atoms with Crippen molar-refractivity contribution >= 4 is 22.4 Å². The van der Waals surface area contributed by atoms with Gasteiger partial charge in [0.2, 0.25) is 16.8 Å². The first-order valence-corrected chi connectivity index (χ1v) is 7.76. The zero-order chi connectivity index (χ0) is 13.3. The van der Waals surface area contributed by atoms with Crippen molar-refractivity contribution in [2.45, 2.75) is 23.8 Å². The number of sulfonamides is 1. The molecule has 20 heavy (non-hydrogen) atoms. The third-order valence-electron chi connectivity index (χ3n) is 3.27. The molecule has 0 amide bonds. The van der Waals surface area contributed by atoms with E-state index >= 15 is 0 Å². The van der Waals surface area contributed by atoms with Gasteiger partial charge in [0.15, 0.2) is 11.5 Å². The second kappa shape index (κ2) is 6.17. The molecule has 0 saturated carbocycles. The molecule has 2 heterocycles. The fraction of sp³-hybridized carbons (Fsp3) is 0.500. The van der Waals surface area contributed by atoms with E-state index in [0.29, 0.717) is 18.0 Å². The molecule has 6 nitrogen and oxygen atoms in total. The fourth-order valence-corrected chi connectivity index (χ4v) is 3.57. The monoisotopic (exact) mass is 320 g/mol. The van der Waals surface area contributed by atoms with Gasteiger partial charge in [0, 0.05) is 18.7 Å². The van der Waals surface area contributed by atoms with Crippen LogP contribution in [-0.2, 0) is 10.0 Å². The lowest BCUT2D eigenvalue weighted by Gasteiger charge is -2.23. The molecule has 2 aliphatic rings. The van der Waals surface area contributed by atoms with Gasteiger partial charge in [0.25, 0.3) is 0 Å². The van der Waals surface area contributed by atoms with Crippen molar-refractivity contribution in [3.8, 4) is 11.5 Å². The lowest BCUT2D eigenvalue weighted by atomic mass is 10.1. The Morgan fingerprint density at radius 3 is 2.80 bits per heavy atom. The van der Waals surface area contributed by atoms with E-state index in [1.807, 2.05) is 0 Å². The number of piperidine rings is 1. The lowest BCUT2D eigenvalue weighted by Crippen LogP contribution is -2.45. The molecule has 1 saturated heterocycles.